The number of alkyl halides is 2. The molecule has 0 saturated carbocycles. The van der Waals surface area contributed by atoms with Crippen LogP contribution in [0.1, 0.15) is 109 Å². The van der Waals surface area contributed by atoms with E-state index in [1.807, 2.05) is 13.0 Å². The predicted molar refractivity (Wildman–Crippen MR) is 347 cm³/mol. The number of anilines is 2. The van der Waals surface area contributed by atoms with Crippen molar-refractivity contribution in [2.24, 2.45) is 17.6 Å². The van der Waals surface area contributed by atoms with Crippen LogP contribution >= 0.6 is 43.5 Å². The van der Waals surface area contributed by atoms with Gasteiger partial charge < -0.3 is 75.1 Å². The minimum absolute atomic E-state index is 0.0610. The van der Waals surface area contributed by atoms with Crippen molar-refractivity contribution in [3.05, 3.63) is 82.4 Å². The van der Waals surface area contributed by atoms with Gasteiger partial charge in [-0.1, -0.05) is 94.5 Å². The molecule has 3 aliphatic rings. The Morgan fingerprint density at radius 1 is 1.02 bits per heavy atom. The van der Waals surface area contributed by atoms with Crippen molar-refractivity contribution in [3.8, 4) is 5.75 Å². The number of carbonyl (C=O) groups is 9. The number of amides is 8. The molecule has 28 heteroatoms. The summed E-state index contributed by atoms with van der Waals surface area (Å²) in [5, 5.41) is 26.5. The molecule has 4 bridgehead atoms. The van der Waals surface area contributed by atoms with E-state index in [-0.39, 0.29) is 60.5 Å². The number of benzene rings is 2. The average Bonchev–Trinajstić information content (AvgIpc) is 1.58. The summed E-state index contributed by atoms with van der Waals surface area (Å²) in [7, 11) is 5.82. The van der Waals surface area contributed by atoms with Gasteiger partial charge in [0, 0.05) is 74.7 Å². The molecular weight excluding hydrogens is 1330 g/mol. The fourth-order valence-corrected chi connectivity index (χ4v) is 12.6. The molecule has 2 fully saturated rings. The zero-order valence-electron chi connectivity index (χ0n) is 52.9. The number of carbonyl (C=O) groups excluding carboxylic acids is 9. The molecule has 8 N–H and O–H groups in total. The summed E-state index contributed by atoms with van der Waals surface area (Å²) in [4.78, 5) is 127. The number of urea groups is 1. The molecular formula is C63H84Br2ClN9O16. The van der Waals surface area contributed by atoms with Gasteiger partial charge in [0.25, 0.3) is 5.91 Å². The fourth-order valence-electron chi connectivity index (χ4n) is 10.8. The largest absolute Gasteiger partial charge is 0.495 e. The summed E-state index contributed by atoms with van der Waals surface area (Å²) in [6.07, 6.45) is 2.99. The Bertz CT molecular complexity index is 3230. The number of primary amides is 1. The van der Waals surface area contributed by atoms with E-state index in [0.29, 0.717) is 65.3 Å². The molecule has 2 aromatic carbocycles. The molecule has 1 aromatic heterocycles. The first-order valence-corrected chi connectivity index (χ1v) is 32.6. The lowest BCUT2D eigenvalue weighted by Gasteiger charge is -2.42. The Kier molecular flexibility index (Phi) is 26.3. The molecule has 91 heavy (non-hydrogen) atoms. The van der Waals surface area contributed by atoms with Crippen LogP contribution < -0.4 is 42.0 Å². The summed E-state index contributed by atoms with van der Waals surface area (Å²) in [5.74, 6) is -4.17. The average molecular weight is 1420 g/mol. The van der Waals surface area contributed by atoms with Crippen molar-refractivity contribution in [3.63, 3.8) is 0 Å². The fraction of sp³-hybridized carbons (Fsp3) is 0.556. The van der Waals surface area contributed by atoms with Gasteiger partial charge in [0.2, 0.25) is 23.6 Å². The molecule has 0 unspecified atom stereocenters. The Morgan fingerprint density at radius 3 is 2.41 bits per heavy atom. The molecule has 4 heterocycles. The minimum Gasteiger partial charge on any atom is -0.495 e. The van der Waals surface area contributed by atoms with E-state index in [0.717, 1.165) is 17.4 Å². The van der Waals surface area contributed by atoms with E-state index in [4.69, 9.17) is 45.8 Å². The summed E-state index contributed by atoms with van der Waals surface area (Å²) in [6, 6.07) is 7.10. The lowest BCUT2D eigenvalue weighted by Crippen LogP contribution is -2.63. The normalized spacial score (nSPS) is 23.7. The van der Waals surface area contributed by atoms with Crippen LogP contribution in [0.5, 0.6) is 5.75 Å². The number of esters is 1. The number of nitrogens with one attached hydrogen (secondary N) is 5. The number of aromatic nitrogens is 1. The van der Waals surface area contributed by atoms with Crippen LogP contribution in [0.25, 0.3) is 10.9 Å². The molecule has 2 saturated heterocycles. The number of hydrogen-bond donors (Lipinski definition) is 7. The van der Waals surface area contributed by atoms with Crippen LogP contribution in [0.3, 0.4) is 0 Å². The molecule has 3 aromatic rings. The second-order valence-electron chi connectivity index (χ2n) is 23.8. The molecule has 3 aliphatic heterocycles. The topological polar surface area (TPSA) is 338 Å². The SMILES string of the molecule is COc1cc2cc(c1Cl)N(C)C(=O)C[C@H](OC(=O)[C@H](C)N(C)C(=O)c1ccc3nc(NC(=O)[C@H](CCCNC(N)=O)NC(=O)[C@@H](NC(=O)CCCCCOC(C=O)(CBr)CBr)C(C)C)ccc3c1)[C@]1(C)O[C@H]1[C@H](C)[C@@H]1C[C@@](O)(NC(=O)O1)[C@H](OC)/C=C/C=C(\C)C2. The number of fused-ring (bicyclic) bond motifs is 6. The monoisotopic (exact) mass is 1420 g/mol. The van der Waals surface area contributed by atoms with Crippen LogP contribution in [0.2, 0.25) is 5.02 Å². The van der Waals surface area contributed by atoms with Gasteiger partial charge >= 0.3 is 18.1 Å². The zero-order chi connectivity index (χ0) is 67.1. The molecule has 8 amide bonds. The Hall–Kier alpha value is -6.75. The number of likely N-dealkylation sites (N-methyl/N-ethyl adjacent to an activating group) is 1. The third kappa shape index (κ3) is 19.0. The molecule has 25 nitrogen and oxygen atoms in total. The van der Waals surface area contributed by atoms with Crippen LogP contribution in [0.15, 0.2) is 66.3 Å². The highest BCUT2D eigenvalue weighted by Crippen LogP contribution is 2.49. The number of ether oxygens (including phenoxy) is 6. The highest BCUT2D eigenvalue weighted by atomic mass is 79.9. The van der Waals surface area contributed by atoms with Gasteiger partial charge in [-0.3, -0.25) is 29.3 Å². The van der Waals surface area contributed by atoms with Crippen molar-refractivity contribution in [2.75, 3.05) is 62.3 Å². The number of epoxide rings is 1. The van der Waals surface area contributed by atoms with Crippen molar-refractivity contribution in [1.82, 2.24) is 31.2 Å². The first kappa shape index (κ1) is 73.3. The van der Waals surface area contributed by atoms with E-state index in [1.165, 1.54) is 57.2 Å². The maximum Gasteiger partial charge on any atom is 0.409 e. The summed E-state index contributed by atoms with van der Waals surface area (Å²) < 4.78 is 35.4. The van der Waals surface area contributed by atoms with Crippen molar-refractivity contribution >= 4 is 120 Å². The number of nitrogens with zero attached hydrogens (tertiary/aromatic N) is 3. The first-order valence-electron chi connectivity index (χ1n) is 30.0. The summed E-state index contributed by atoms with van der Waals surface area (Å²) in [6.45, 7) is 10.7. The third-order valence-corrected chi connectivity index (χ3v) is 18.9. The maximum atomic E-state index is 14.5. The smallest absolute Gasteiger partial charge is 0.409 e. The highest BCUT2D eigenvalue weighted by Gasteiger charge is 2.64. The molecule has 10 atom stereocenters. The van der Waals surface area contributed by atoms with Gasteiger partial charge in [-0.05, 0) is 107 Å². The number of nitrogens with two attached hydrogens (primary N) is 1. The third-order valence-electron chi connectivity index (χ3n) is 16.6. The van der Waals surface area contributed by atoms with Gasteiger partial charge in [-0.25, -0.2) is 19.4 Å². The number of alkyl carbamates (subject to hydrolysis) is 1. The van der Waals surface area contributed by atoms with E-state index < -0.39 is 114 Å². The molecule has 0 aliphatic carbocycles. The van der Waals surface area contributed by atoms with Crippen LogP contribution in [0, 0.1) is 11.8 Å². The van der Waals surface area contributed by atoms with Gasteiger partial charge in [-0.2, -0.15) is 0 Å². The van der Waals surface area contributed by atoms with E-state index in [1.54, 1.807) is 70.2 Å². The van der Waals surface area contributed by atoms with Gasteiger partial charge in [0.15, 0.2) is 12.0 Å². The van der Waals surface area contributed by atoms with Crippen LogP contribution in [0.4, 0.5) is 21.1 Å². The number of allylic oxidation sites excluding steroid dienone is 3. The predicted octanol–water partition coefficient (Wildman–Crippen LogP) is 6.69. The number of pyridine rings is 1. The van der Waals surface area contributed by atoms with Crippen LogP contribution in [-0.2, 0) is 58.9 Å². The molecule has 0 spiro atoms. The minimum atomic E-state index is -1.91. The number of hydrogen-bond acceptors (Lipinski definition) is 17. The van der Waals surface area contributed by atoms with E-state index in [9.17, 15) is 48.3 Å². The maximum absolute atomic E-state index is 14.5. The second-order valence-corrected chi connectivity index (χ2v) is 25.3. The number of unbranched alkanes of at least 4 members (excludes halogenated alkanes) is 2. The first-order chi connectivity index (χ1) is 43.1. The summed E-state index contributed by atoms with van der Waals surface area (Å²) in [5.41, 5.74) is 3.50. The number of methoxy groups -OCH3 is 2. The number of rotatable bonds is 26. The number of aliphatic hydroxyl groups is 1. The van der Waals surface area contributed by atoms with Gasteiger partial charge in [0.05, 0.1) is 30.8 Å². The number of aldehydes is 1. The Labute approximate surface area is 551 Å². The van der Waals surface area contributed by atoms with Crippen LogP contribution in [-0.4, -0.2) is 181 Å². The van der Waals surface area contributed by atoms with E-state index in [2.05, 4.69) is 63.4 Å². The molecule has 6 rings (SSSR count). The number of halogens is 3. The van der Waals surface area contributed by atoms with Crippen molar-refractivity contribution in [2.45, 2.75) is 159 Å². The van der Waals surface area contributed by atoms with Gasteiger partial charge in [-0.15, -0.1) is 0 Å². The van der Waals surface area contributed by atoms with Crippen molar-refractivity contribution in [1.29, 1.82) is 0 Å². The highest BCUT2D eigenvalue weighted by molar-refractivity contribution is 9.10. The molecule has 0 radical (unpaired) electrons. The van der Waals surface area contributed by atoms with Crippen molar-refractivity contribution < 1.29 is 76.7 Å². The zero-order valence-corrected chi connectivity index (χ0v) is 56.8. The molecule has 498 valence electrons. The second kappa shape index (κ2) is 32.7. The standard InChI is InChI=1S/C63H84Br2ClN9O16/c1-35(2)53(72-50(77)19-12-11-13-25-88-62(32-64,33-65)34-76)56(80)70-43(17-15-24-68-59(67)83)55(79)71-49-23-21-40-29-41(20-22-42(40)69-49)57(81)74(7)38(5)58(82)90-48-30-51(78)75(8)44-27-39(28-45(86-9)52(44)66)26-36(3)16-14-18-47(87-10)63(85)31-46(89-60(84)73-63)37(4)54-61(48,6)91-54/h14,16,18,20-23,27-29,34-35,37-38,43,46-48,53-54,85H,11-13,15,17,19,24-26,30-33H2,1-10H3,(H,70,80)(H,72,77)(H,73,84)(H3,67,68,83)(H,69,71,79)/b18-14+,36-16+/t37-,38+,43+,46+,47-,48+,53+,54+,61+,63+/m1/s1. The Balaban J connectivity index is 1.16. The van der Waals surface area contributed by atoms with E-state index >= 15 is 0 Å². The van der Waals surface area contributed by atoms with Gasteiger partial charge in [0.1, 0.15) is 64.2 Å². The quantitative estimate of drug-likeness (QED) is 0.0145. The summed E-state index contributed by atoms with van der Waals surface area (Å²) >= 11 is 13.5. The lowest BCUT2D eigenvalue weighted by atomic mass is 9.83. The lowest BCUT2D eigenvalue weighted by molar-refractivity contribution is -0.158. The Morgan fingerprint density at radius 2 is 1.75 bits per heavy atom.